The van der Waals surface area contributed by atoms with E-state index in [2.05, 4.69) is 9.88 Å². The van der Waals surface area contributed by atoms with Crippen LogP contribution in [0.2, 0.25) is 0 Å². The molecule has 2 bridgehead atoms. The van der Waals surface area contributed by atoms with Gasteiger partial charge in [-0.3, -0.25) is 4.90 Å². The maximum absolute atomic E-state index is 12.5. The molecule has 124 valence electrons. The van der Waals surface area contributed by atoms with Crippen molar-refractivity contribution in [3.05, 3.63) is 36.5 Å². The third kappa shape index (κ3) is 2.06. The molecule has 1 atom stereocenters. The first kappa shape index (κ1) is 14.0. The van der Waals surface area contributed by atoms with Gasteiger partial charge in [-0.15, -0.1) is 0 Å². The van der Waals surface area contributed by atoms with E-state index in [4.69, 9.17) is 9.15 Å². The predicted octanol–water partition coefficient (Wildman–Crippen LogP) is 2.76. The molecule has 6 heteroatoms. The first-order chi connectivity index (χ1) is 11.7. The minimum Gasteiger partial charge on any atom is -0.439 e. The van der Waals surface area contributed by atoms with Crippen LogP contribution >= 0.6 is 0 Å². The van der Waals surface area contributed by atoms with Crippen molar-refractivity contribution in [2.45, 2.75) is 18.4 Å². The molecule has 0 radical (unpaired) electrons. The van der Waals surface area contributed by atoms with Crippen LogP contribution in [0.1, 0.15) is 12.8 Å². The zero-order valence-electron chi connectivity index (χ0n) is 13.4. The lowest BCUT2D eigenvalue weighted by Gasteiger charge is -2.49. The predicted molar refractivity (Wildman–Crippen MR) is 87.7 cm³/mol. The minimum atomic E-state index is -0.382. The molecule has 2 aromatic rings. The summed E-state index contributed by atoms with van der Waals surface area (Å²) in [5.41, 5.74) is 0.515. The fourth-order valence-electron chi connectivity index (χ4n) is 4.29. The van der Waals surface area contributed by atoms with Gasteiger partial charge in [-0.1, -0.05) is 18.2 Å². The number of piperidine rings is 3. The minimum absolute atomic E-state index is 0.320. The monoisotopic (exact) mass is 325 g/mol. The molecule has 4 aliphatic heterocycles. The van der Waals surface area contributed by atoms with Gasteiger partial charge in [0.1, 0.15) is 5.60 Å². The lowest BCUT2D eigenvalue weighted by Crippen LogP contribution is -2.61. The maximum Gasteiger partial charge on any atom is 0.417 e. The number of fused-ring (bicyclic) bond motifs is 2. The number of hydrogen-bond donors (Lipinski definition) is 0. The Morgan fingerprint density at radius 2 is 1.92 bits per heavy atom. The highest BCUT2D eigenvalue weighted by atomic mass is 16.6. The van der Waals surface area contributed by atoms with E-state index in [0.29, 0.717) is 24.2 Å². The second-order valence-corrected chi connectivity index (χ2v) is 6.94. The van der Waals surface area contributed by atoms with Crippen LogP contribution in [-0.2, 0) is 4.74 Å². The summed E-state index contributed by atoms with van der Waals surface area (Å²) < 4.78 is 11.7. The van der Waals surface area contributed by atoms with E-state index in [1.165, 1.54) is 0 Å². The number of carbonyl (C=O) groups is 1. The topological polar surface area (TPSA) is 58.8 Å². The molecule has 4 aliphatic rings. The van der Waals surface area contributed by atoms with Crippen LogP contribution < -0.4 is 4.90 Å². The summed E-state index contributed by atoms with van der Waals surface area (Å²) in [4.78, 5) is 20.8. The Labute approximate surface area is 140 Å². The Bertz CT molecular complexity index is 767. The molecule has 1 spiro atoms. The number of nitrogens with zero attached hydrogens (tertiary/aromatic N) is 3. The number of carbonyl (C=O) groups excluding carboxylic acids is 1. The van der Waals surface area contributed by atoms with Gasteiger partial charge < -0.3 is 9.15 Å². The third-order valence-corrected chi connectivity index (χ3v) is 5.54. The first-order valence-corrected chi connectivity index (χ1v) is 8.48. The van der Waals surface area contributed by atoms with E-state index in [9.17, 15) is 4.79 Å². The molecule has 6 rings (SSSR count). The van der Waals surface area contributed by atoms with Crippen LogP contribution in [0.4, 0.5) is 10.7 Å². The van der Waals surface area contributed by atoms with Gasteiger partial charge >= 0.3 is 6.09 Å². The fourth-order valence-corrected chi connectivity index (χ4v) is 4.29. The van der Waals surface area contributed by atoms with Gasteiger partial charge in [0.2, 0.25) is 11.8 Å². The van der Waals surface area contributed by atoms with Crippen LogP contribution in [-0.4, -0.2) is 47.8 Å². The Kier molecular flexibility index (Phi) is 2.97. The van der Waals surface area contributed by atoms with Crippen LogP contribution in [0, 0.1) is 5.92 Å². The standard InChI is InChI=1S/C18H19N3O3/c22-17-21(12-18(24-17)11-20-8-6-14(18)7-9-20)15-10-19-16(23-15)13-4-2-1-3-5-13/h1-5,10,14H,6-9,11-12H2. The summed E-state index contributed by atoms with van der Waals surface area (Å²) in [5.74, 6) is 1.44. The number of ether oxygens (including phenoxy) is 1. The molecule has 4 saturated heterocycles. The van der Waals surface area contributed by atoms with E-state index in [1.807, 2.05) is 30.3 Å². The molecular weight excluding hydrogens is 306 g/mol. The summed E-state index contributed by atoms with van der Waals surface area (Å²) in [6.45, 7) is 3.62. The average molecular weight is 325 g/mol. The Morgan fingerprint density at radius 3 is 2.62 bits per heavy atom. The average Bonchev–Trinajstić information content (AvgIpc) is 3.22. The van der Waals surface area contributed by atoms with Crippen molar-refractivity contribution >= 4 is 12.0 Å². The zero-order chi connectivity index (χ0) is 16.1. The molecule has 0 N–H and O–H groups in total. The summed E-state index contributed by atoms with van der Waals surface area (Å²) in [6.07, 6.45) is 3.50. The molecule has 1 aromatic heterocycles. The fraction of sp³-hybridized carbons (Fsp3) is 0.444. The SMILES string of the molecule is O=C1OC2(CN3CCC2CC3)CN1c1cnc(-c2ccccc2)o1. The van der Waals surface area contributed by atoms with Gasteiger partial charge in [0.25, 0.3) is 0 Å². The number of benzene rings is 1. The molecule has 0 aliphatic carbocycles. The van der Waals surface area contributed by atoms with E-state index in [1.54, 1.807) is 11.1 Å². The highest BCUT2D eigenvalue weighted by Crippen LogP contribution is 2.43. The molecule has 24 heavy (non-hydrogen) atoms. The van der Waals surface area contributed by atoms with E-state index in [0.717, 1.165) is 38.0 Å². The van der Waals surface area contributed by atoms with Crippen molar-refractivity contribution in [2.24, 2.45) is 5.92 Å². The Hall–Kier alpha value is -2.34. The second-order valence-electron chi connectivity index (χ2n) is 6.94. The van der Waals surface area contributed by atoms with Crippen molar-refractivity contribution in [3.8, 4) is 11.5 Å². The van der Waals surface area contributed by atoms with E-state index < -0.39 is 0 Å². The lowest BCUT2D eigenvalue weighted by atomic mass is 9.75. The van der Waals surface area contributed by atoms with Gasteiger partial charge in [-0.25, -0.2) is 14.7 Å². The van der Waals surface area contributed by atoms with Gasteiger partial charge in [0, 0.05) is 18.0 Å². The number of rotatable bonds is 2. The van der Waals surface area contributed by atoms with Crippen molar-refractivity contribution in [3.63, 3.8) is 0 Å². The largest absolute Gasteiger partial charge is 0.439 e. The summed E-state index contributed by atoms with van der Waals surface area (Å²) in [5, 5.41) is 0. The number of amides is 1. The van der Waals surface area contributed by atoms with E-state index in [-0.39, 0.29) is 11.7 Å². The summed E-state index contributed by atoms with van der Waals surface area (Å²) in [6, 6.07) is 9.69. The van der Waals surface area contributed by atoms with Crippen LogP contribution in [0.25, 0.3) is 11.5 Å². The highest BCUT2D eigenvalue weighted by molar-refractivity contribution is 5.89. The molecule has 0 saturated carbocycles. The lowest BCUT2D eigenvalue weighted by molar-refractivity contribution is -0.0881. The number of hydrogen-bond acceptors (Lipinski definition) is 5. The summed E-state index contributed by atoms with van der Waals surface area (Å²) in [7, 11) is 0. The molecule has 1 aromatic carbocycles. The molecule has 4 fully saturated rings. The second kappa shape index (κ2) is 5.08. The quantitative estimate of drug-likeness (QED) is 0.850. The highest BCUT2D eigenvalue weighted by Gasteiger charge is 2.56. The molecule has 1 unspecified atom stereocenters. The van der Waals surface area contributed by atoms with Gasteiger partial charge in [0.05, 0.1) is 12.7 Å². The van der Waals surface area contributed by atoms with Gasteiger partial charge in [-0.2, -0.15) is 0 Å². The number of anilines is 1. The smallest absolute Gasteiger partial charge is 0.417 e. The maximum atomic E-state index is 12.5. The van der Waals surface area contributed by atoms with Crippen LogP contribution in [0.15, 0.2) is 40.9 Å². The van der Waals surface area contributed by atoms with Crippen molar-refractivity contribution < 1.29 is 13.9 Å². The number of aromatic nitrogens is 1. The molecule has 1 amide bonds. The van der Waals surface area contributed by atoms with Crippen LogP contribution in [0.3, 0.4) is 0 Å². The molecule has 6 nitrogen and oxygen atoms in total. The normalized spacial score (nSPS) is 31.7. The van der Waals surface area contributed by atoms with Crippen molar-refractivity contribution in [1.29, 1.82) is 0 Å². The Balaban J connectivity index is 1.42. The van der Waals surface area contributed by atoms with Gasteiger partial charge in [0.15, 0.2) is 0 Å². The van der Waals surface area contributed by atoms with Crippen molar-refractivity contribution in [1.82, 2.24) is 9.88 Å². The van der Waals surface area contributed by atoms with Crippen LogP contribution in [0.5, 0.6) is 0 Å². The zero-order valence-corrected chi connectivity index (χ0v) is 13.4. The van der Waals surface area contributed by atoms with Gasteiger partial charge in [-0.05, 0) is 38.1 Å². The number of oxazole rings is 1. The molecular formula is C18H19N3O3. The Morgan fingerprint density at radius 1 is 1.12 bits per heavy atom. The van der Waals surface area contributed by atoms with E-state index >= 15 is 0 Å². The summed E-state index contributed by atoms with van der Waals surface area (Å²) >= 11 is 0. The van der Waals surface area contributed by atoms with Crippen molar-refractivity contribution in [2.75, 3.05) is 31.1 Å². The molecule has 5 heterocycles. The third-order valence-electron chi connectivity index (χ3n) is 5.54. The first-order valence-electron chi connectivity index (χ1n) is 8.48.